The van der Waals surface area contributed by atoms with Gasteiger partial charge in [0.15, 0.2) is 34.9 Å². The first kappa shape index (κ1) is 114. The zero-order valence-electron chi connectivity index (χ0n) is 81.6. The summed E-state index contributed by atoms with van der Waals surface area (Å²) in [5.41, 5.74) is 78.4. The fourth-order valence-corrected chi connectivity index (χ4v) is 22.2. The smallest absolute Gasteiger partial charge is 0.417 e. The van der Waals surface area contributed by atoms with Gasteiger partial charge in [0.25, 0.3) is 0 Å². The van der Waals surface area contributed by atoms with Crippen LogP contribution in [0.4, 0.5) is 88.7 Å². The fourth-order valence-electron chi connectivity index (χ4n) is 15.5. The summed E-state index contributed by atoms with van der Waals surface area (Å²) in [4.78, 5) is 81.2. The minimum atomic E-state index is -4.44. The van der Waals surface area contributed by atoms with Gasteiger partial charge in [-0.2, -0.15) is 13.2 Å². The maximum absolute atomic E-state index is 13.1. The third kappa shape index (κ3) is 32.7. The number of anilines is 13. The van der Waals surface area contributed by atoms with Crippen molar-refractivity contribution in [3.8, 4) is 0 Å². The lowest BCUT2D eigenvalue weighted by Crippen LogP contribution is -2.48. The van der Waals surface area contributed by atoms with E-state index in [1.807, 2.05) is 60.4 Å². The topological polar surface area (TPSA) is 550 Å². The van der Waals surface area contributed by atoms with E-state index in [9.17, 15) is 18.0 Å². The largest absolute Gasteiger partial charge is 0.478 e. The summed E-state index contributed by atoms with van der Waals surface area (Å²) >= 11 is 50.6. The highest BCUT2D eigenvalue weighted by Crippen LogP contribution is 2.46. The van der Waals surface area contributed by atoms with Crippen LogP contribution in [0.1, 0.15) is 135 Å². The van der Waals surface area contributed by atoms with E-state index in [0.717, 1.165) is 222 Å². The Hall–Kier alpha value is -9.65. The summed E-state index contributed by atoms with van der Waals surface area (Å²) < 4.78 is 39.4. The van der Waals surface area contributed by atoms with E-state index in [2.05, 4.69) is 119 Å². The highest BCUT2D eigenvalue weighted by Gasteiger charge is 2.37. The molecule has 6 aliphatic rings. The highest BCUT2D eigenvalue weighted by atomic mass is 35.5. The van der Waals surface area contributed by atoms with Gasteiger partial charge in [-0.3, -0.25) is 0 Å². The van der Waals surface area contributed by atoms with Crippen molar-refractivity contribution in [1.82, 2.24) is 59.8 Å². The number of hydrogen-bond acceptors (Lipinski definition) is 38. The highest BCUT2D eigenvalue weighted by molar-refractivity contribution is 8.00. The normalized spacial score (nSPS) is 17.0. The first-order valence-electron chi connectivity index (χ1n) is 46.8. The maximum atomic E-state index is 13.1. The van der Waals surface area contributed by atoms with Crippen LogP contribution in [0.15, 0.2) is 218 Å². The predicted octanol–water partition coefficient (Wildman–Crippen LogP) is 20.0. The Kier molecular flexibility index (Phi) is 39.0. The van der Waals surface area contributed by atoms with Crippen molar-refractivity contribution >= 4 is 233 Å². The number of alkyl halides is 3. The van der Waals surface area contributed by atoms with Crippen LogP contribution in [0.25, 0.3) is 0 Å². The Labute approximate surface area is 913 Å². The molecule has 0 radical (unpaired) electrons. The summed E-state index contributed by atoms with van der Waals surface area (Å²) in [7, 11) is 0. The molecule has 6 aromatic heterocycles. The minimum absolute atomic E-state index is 0.0469. The molecule has 33 nitrogen and oxygen atoms in total. The molecule has 0 aliphatic carbocycles. The number of aromatic nitrogens is 12. The molecule has 0 saturated carbocycles. The monoisotopic (exact) mass is 2260 g/mol. The zero-order chi connectivity index (χ0) is 106. The van der Waals surface area contributed by atoms with Gasteiger partial charge in [-0.1, -0.05) is 188 Å². The molecular weight excluding hydrogens is 2140 g/mol. The summed E-state index contributed by atoms with van der Waals surface area (Å²) in [5.74, 6) is 5.48. The van der Waals surface area contributed by atoms with Crippen molar-refractivity contribution in [2.45, 2.75) is 218 Å². The number of nitrogens with zero attached hydrogens (tertiary/aromatic N) is 18. The molecule has 0 bridgehead atoms. The number of carboxylic acid groups (broad SMARTS) is 1. The molecule has 147 heavy (non-hydrogen) atoms. The molecular formula is C98H119Cl7F3N31O2S6. The number of hydrogen-bond donors (Lipinski definition) is 14. The van der Waals surface area contributed by atoms with E-state index >= 15 is 0 Å². The van der Waals surface area contributed by atoms with Crippen molar-refractivity contribution in [3.63, 3.8) is 0 Å². The average Bonchev–Trinajstić information content (AvgIpc) is 0.958. The van der Waals surface area contributed by atoms with Gasteiger partial charge >= 0.3 is 12.1 Å². The number of nitrogens with two attached hydrogens (primary N) is 13. The number of carbonyl (C=O) groups is 1. The molecule has 6 aliphatic heterocycles. The Morgan fingerprint density at radius 2 is 0.565 bits per heavy atom. The van der Waals surface area contributed by atoms with Crippen LogP contribution < -0.4 is 104 Å². The number of carboxylic acids is 1. The molecule has 784 valence electrons. The quantitative estimate of drug-likeness (QED) is 0.0334. The number of benzene rings is 6. The van der Waals surface area contributed by atoms with Gasteiger partial charge in [0, 0.05) is 146 Å². The molecule has 12 aromatic rings. The zero-order valence-corrected chi connectivity index (χ0v) is 91.8. The molecule has 0 unspecified atom stereocenters. The number of rotatable bonds is 19. The van der Waals surface area contributed by atoms with Crippen LogP contribution in [0.2, 0.25) is 35.2 Å². The van der Waals surface area contributed by atoms with Crippen LogP contribution in [0.3, 0.4) is 0 Å². The standard InChI is InChI=1S/C17H20ClN5O2S.C17H20F3N5S.2C16H19Cl2N5S.C16H21ClN6S.C16H20ClN5S/c1-17(20)4-6-23(7-5-17)13-9-21-15(14(19)22-13)26-12-3-2-10(16(24)25)8-11(12)18;1-16(22)6-8-25(9-7-16)13-10-23-15(14(21)24-13)26-12-5-3-2-4-11(12)17(18,19)20;1-16(20)4-6-23(7-5-16)13-9-21-15(14(19)22-13)24-12-8-10(17)2-3-11(12)18;1-16(20)5-7-23(8-6-16)12-9-21-15(14(19)22-12)24-11-4-2-3-10(17)13(11)18;1-16(20)5-7-23(8-6-16)12-9-21-15(14(19)22-12)24-11-4-2-3-10(18)13(11)17;1-16(19)6-8-22(9-7-16)13-10-20-15(14(18)21-13)23-12-5-3-2-4-11(12)17/h2-3,8-9H,4-7,20H2,1H3,(H2,19,22)(H,24,25);2-5,10H,6-9,22H2,1H3,(H2,21,24);2-3,8-9H,4-7,20H2,1H3,(H2,19,22);2-4,9H,5-8,20H2,1H3,(H2,19,22);2-4,9H,5-8,18,20H2,1H3,(H2,19,22);2-5,10H,6-9,19H2,1H3,(H2,18,21). The van der Waals surface area contributed by atoms with Crippen LogP contribution in [-0.4, -0.2) is 183 Å². The van der Waals surface area contributed by atoms with Crippen molar-refractivity contribution in [1.29, 1.82) is 0 Å². The number of piperidine rings is 6. The Balaban J connectivity index is 0.000000147. The molecule has 12 heterocycles. The molecule has 6 saturated heterocycles. The summed E-state index contributed by atoms with van der Waals surface area (Å²) in [6, 6.07) is 33.7. The van der Waals surface area contributed by atoms with Gasteiger partial charge in [-0.05, 0) is 204 Å². The van der Waals surface area contributed by atoms with Crippen LogP contribution in [-0.2, 0) is 6.18 Å². The van der Waals surface area contributed by atoms with Gasteiger partial charge in [-0.15, -0.1) is 0 Å². The predicted molar refractivity (Wildman–Crippen MR) is 598 cm³/mol. The molecule has 0 spiro atoms. The Bertz CT molecular complexity index is 6330. The molecule has 6 fully saturated rings. The van der Waals surface area contributed by atoms with Crippen LogP contribution in [0.5, 0.6) is 0 Å². The van der Waals surface area contributed by atoms with Gasteiger partial charge in [0.1, 0.15) is 65.1 Å². The summed E-state index contributed by atoms with van der Waals surface area (Å²) in [6.45, 7) is 22.4. The second kappa shape index (κ2) is 50.1. The van der Waals surface area contributed by atoms with E-state index in [1.54, 1.807) is 79.6 Å². The van der Waals surface area contributed by atoms with E-state index in [-0.39, 0.29) is 54.5 Å². The average molecular weight is 2260 g/mol. The Morgan fingerprint density at radius 1 is 0.306 bits per heavy atom. The lowest BCUT2D eigenvalue weighted by molar-refractivity contribution is -0.139. The lowest BCUT2D eigenvalue weighted by atomic mass is 9.91. The molecule has 18 rings (SSSR count). The second-order valence-electron chi connectivity index (χ2n) is 38.1. The number of nitrogen functional groups attached to an aromatic ring is 7. The summed E-state index contributed by atoms with van der Waals surface area (Å²) in [6.07, 6.45) is 16.6. The molecule has 6 aromatic carbocycles. The van der Waals surface area contributed by atoms with E-state index in [4.69, 9.17) is 161 Å². The van der Waals surface area contributed by atoms with Crippen LogP contribution >= 0.6 is 152 Å². The molecule has 49 heteroatoms. The first-order valence-corrected chi connectivity index (χ1v) is 54.4. The number of halogens is 10. The van der Waals surface area contributed by atoms with Crippen LogP contribution in [0, 0.1) is 0 Å². The van der Waals surface area contributed by atoms with Gasteiger partial charge in [-0.25, -0.2) is 64.6 Å². The van der Waals surface area contributed by atoms with Crippen molar-refractivity contribution < 1.29 is 23.1 Å². The van der Waals surface area contributed by atoms with Gasteiger partial charge < -0.3 is 109 Å². The van der Waals surface area contributed by atoms with Crippen molar-refractivity contribution in [2.24, 2.45) is 34.4 Å². The lowest BCUT2D eigenvalue weighted by Gasteiger charge is -2.37. The first-order chi connectivity index (χ1) is 69.4. The number of aromatic carboxylic acids is 1. The molecule has 0 amide bonds. The molecule has 0 atom stereocenters. The molecule has 27 N–H and O–H groups in total. The van der Waals surface area contributed by atoms with E-state index in [1.165, 1.54) is 83.1 Å². The van der Waals surface area contributed by atoms with Gasteiger partial charge in [0.05, 0.1) is 84.1 Å². The second-order valence-corrected chi connectivity index (χ2v) is 47.1. The third-order valence-corrected chi connectivity index (χ3v) is 34.6. The fraction of sp³-hybridized carbons (Fsp3) is 0.378. The van der Waals surface area contributed by atoms with E-state index < -0.39 is 17.7 Å². The maximum Gasteiger partial charge on any atom is 0.417 e. The SMILES string of the molecule is CC1(N)CCN(c2cnc(Sc3cc(Cl)ccc3Cl)c(N)n2)CC1.CC1(N)CCN(c2cnc(Sc3ccc(C(=O)O)cc3Cl)c(N)n2)CC1.CC1(N)CCN(c2cnc(Sc3cccc(Cl)c3Cl)c(N)n2)CC1.CC1(N)CCN(c2cnc(Sc3cccc(N)c3Cl)c(N)n2)CC1.CC1(N)CCN(c2cnc(Sc3ccccc3C(F)(F)F)c(N)n2)CC1.CC1(N)CCN(c2cnc(Sc3ccccc3Cl)c(N)n2)CC1. The summed E-state index contributed by atoms with van der Waals surface area (Å²) in [5, 5.41) is 16.0. The van der Waals surface area contributed by atoms with Crippen molar-refractivity contribution in [3.05, 3.63) is 205 Å². The van der Waals surface area contributed by atoms with Crippen molar-refractivity contribution in [2.75, 3.05) is 148 Å². The Morgan fingerprint density at radius 3 is 0.871 bits per heavy atom. The van der Waals surface area contributed by atoms with Gasteiger partial charge in [0.2, 0.25) is 0 Å². The van der Waals surface area contributed by atoms with E-state index in [0.29, 0.717) is 106 Å². The minimum Gasteiger partial charge on any atom is -0.478 e. The third-order valence-electron chi connectivity index (χ3n) is 25.1.